The van der Waals surface area contributed by atoms with Crippen LogP contribution in [0.3, 0.4) is 0 Å². The summed E-state index contributed by atoms with van der Waals surface area (Å²) >= 11 is 1.72. The average Bonchev–Trinajstić information content (AvgIpc) is 3.24. The highest BCUT2D eigenvalue weighted by Crippen LogP contribution is 2.19. The second-order valence-electron chi connectivity index (χ2n) is 16.9. The van der Waals surface area contributed by atoms with E-state index in [0.29, 0.717) is 12.8 Å². The first-order valence-corrected chi connectivity index (χ1v) is 26.2. The standard InChI is InChI=1S/C39H77N3O4S.C11H24O/c1-5-8-10-15-21-28-38(29-22-16-11-9-6-2)46-39(44)30-23-17-14-19-25-33-42(32-24-18-12-13-20-26-35-43)34-27-31-40-47-36-37(7-3)41-45-4;1-4-6-8-11(7-5-2)9-10-12-3/h35,38,40H,5-34,36H2,1-4H3;11H,4-10H2,1-3H3/b41-37+;. The van der Waals surface area contributed by atoms with Gasteiger partial charge in [0.1, 0.15) is 19.5 Å². The van der Waals surface area contributed by atoms with Crippen molar-refractivity contribution in [1.29, 1.82) is 0 Å². The third-order valence-corrected chi connectivity index (χ3v) is 12.2. The summed E-state index contributed by atoms with van der Waals surface area (Å²) in [6.45, 7) is 16.5. The van der Waals surface area contributed by atoms with Gasteiger partial charge in [-0.05, 0) is 96.2 Å². The minimum atomic E-state index is 0.0260. The Morgan fingerprint density at radius 2 is 1.19 bits per heavy atom. The molecule has 9 heteroatoms. The summed E-state index contributed by atoms with van der Waals surface area (Å²) in [5.41, 5.74) is 1.07. The van der Waals surface area contributed by atoms with E-state index in [4.69, 9.17) is 14.3 Å². The van der Waals surface area contributed by atoms with E-state index in [1.165, 1.54) is 141 Å². The first kappa shape index (κ1) is 59.9. The fourth-order valence-corrected chi connectivity index (χ4v) is 8.36. The highest BCUT2D eigenvalue weighted by Gasteiger charge is 2.14. The zero-order chi connectivity index (χ0) is 43.7. The van der Waals surface area contributed by atoms with Gasteiger partial charge in [-0.25, -0.2) is 0 Å². The Bertz CT molecular complexity index is 857. The lowest BCUT2D eigenvalue weighted by Crippen LogP contribution is -2.29. The molecule has 0 rings (SSSR count). The van der Waals surface area contributed by atoms with Crippen LogP contribution in [0.25, 0.3) is 0 Å². The molecule has 0 aromatic rings. The van der Waals surface area contributed by atoms with Crippen LogP contribution in [0.5, 0.6) is 0 Å². The molecule has 0 aliphatic carbocycles. The van der Waals surface area contributed by atoms with Crippen LogP contribution in [-0.4, -0.2) is 81.7 Å². The molecule has 0 radical (unpaired) electrons. The molecule has 59 heavy (non-hydrogen) atoms. The van der Waals surface area contributed by atoms with Crippen molar-refractivity contribution in [1.82, 2.24) is 9.62 Å². The summed E-state index contributed by atoms with van der Waals surface area (Å²) in [6, 6.07) is 0. The predicted molar refractivity (Wildman–Crippen MR) is 259 cm³/mol. The summed E-state index contributed by atoms with van der Waals surface area (Å²) in [4.78, 5) is 30.8. The van der Waals surface area contributed by atoms with E-state index >= 15 is 0 Å². The van der Waals surface area contributed by atoms with Gasteiger partial charge in [-0.3, -0.25) is 9.52 Å². The first-order chi connectivity index (χ1) is 28.9. The fourth-order valence-electron chi connectivity index (χ4n) is 7.54. The van der Waals surface area contributed by atoms with E-state index in [2.05, 4.69) is 49.4 Å². The molecule has 0 saturated carbocycles. The summed E-state index contributed by atoms with van der Waals surface area (Å²) in [6.07, 6.45) is 38.9. The number of aldehydes is 1. The zero-order valence-corrected chi connectivity index (χ0v) is 41.3. The van der Waals surface area contributed by atoms with Crippen LogP contribution in [-0.2, 0) is 23.9 Å². The molecular formula is C50H101N3O5S. The Morgan fingerprint density at radius 3 is 1.75 bits per heavy atom. The van der Waals surface area contributed by atoms with Crippen LogP contribution in [0.15, 0.2) is 5.16 Å². The molecular weight excluding hydrogens is 755 g/mol. The number of carbonyl (C=O) groups excluding carboxylic acids is 2. The average molecular weight is 856 g/mol. The SMILES string of the molecule is CCCCC(CCC)CCOC.CCCCCCCC(CCCCCCC)OC(=O)CCCCCCCN(CCCCCCCC=O)CCCNSC/C(CC)=N/OC. The largest absolute Gasteiger partial charge is 0.462 e. The molecule has 1 unspecified atom stereocenters. The molecule has 1 atom stereocenters. The van der Waals surface area contributed by atoms with Crippen LogP contribution in [0.4, 0.5) is 0 Å². The molecule has 0 saturated heterocycles. The molecule has 0 amide bonds. The Morgan fingerprint density at radius 1 is 0.627 bits per heavy atom. The van der Waals surface area contributed by atoms with E-state index in [-0.39, 0.29) is 12.1 Å². The molecule has 0 aromatic carbocycles. The summed E-state index contributed by atoms with van der Waals surface area (Å²) in [7, 11) is 3.40. The predicted octanol–water partition coefficient (Wildman–Crippen LogP) is 14.5. The van der Waals surface area contributed by atoms with Gasteiger partial charge in [-0.15, -0.1) is 0 Å². The fraction of sp³-hybridized carbons (Fsp3) is 0.940. The summed E-state index contributed by atoms with van der Waals surface area (Å²) in [5, 5.41) is 4.08. The number of methoxy groups -OCH3 is 1. The molecule has 0 aromatic heterocycles. The third-order valence-electron chi connectivity index (χ3n) is 11.3. The Labute approximate surface area is 372 Å². The van der Waals surface area contributed by atoms with Gasteiger partial charge >= 0.3 is 5.97 Å². The number of unbranched alkanes of at least 4 members (excludes halogenated alkanes) is 18. The van der Waals surface area contributed by atoms with Gasteiger partial charge in [0.05, 0.1) is 5.71 Å². The lowest BCUT2D eigenvalue weighted by atomic mass is 9.94. The van der Waals surface area contributed by atoms with Crippen molar-refractivity contribution in [3.05, 3.63) is 0 Å². The number of nitrogens with zero attached hydrogens (tertiary/aromatic N) is 2. The number of carbonyl (C=O) groups is 2. The maximum atomic E-state index is 12.7. The quantitative estimate of drug-likeness (QED) is 0.0162. The van der Waals surface area contributed by atoms with Crippen molar-refractivity contribution >= 4 is 29.9 Å². The number of oxime groups is 1. The molecule has 1 N–H and O–H groups in total. The molecule has 0 bridgehead atoms. The van der Waals surface area contributed by atoms with Crippen LogP contribution < -0.4 is 4.72 Å². The highest BCUT2D eigenvalue weighted by molar-refractivity contribution is 7.98. The van der Waals surface area contributed by atoms with Crippen molar-refractivity contribution < 1.29 is 23.9 Å². The molecule has 0 fully saturated rings. The number of hydrogen-bond donors (Lipinski definition) is 1. The van der Waals surface area contributed by atoms with Gasteiger partial charge in [0.15, 0.2) is 0 Å². The lowest BCUT2D eigenvalue weighted by molar-refractivity contribution is -0.150. The van der Waals surface area contributed by atoms with E-state index in [1.807, 2.05) is 0 Å². The van der Waals surface area contributed by atoms with Crippen molar-refractivity contribution in [3.63, 3.8) is 0 Å². The van der Waals surface area contributed by atoms with E-state index in [9.17, 15) is 9.59 Å². The molecule has 0 spiro atoms. The van der Waals surface area contributed by atoms with Crippen LogP contribution in [0, 0.1) is 5.92 Å². The number of esters is 1. The van der Waals surface area contributed by atoms with Gasteiger partial charge in [-0.1, -0.05) is 174 Å². The van der Waals surface area contributed by atoms with E-state index in [0.717, 1.165) is 108 Å². The van der Waals surface area contributed by atoms with Crippen molar-refractivity contribution in [2.24, 2.45) is 11.1 Å². The van der Waals surface area contributed by atoms with Gasteiger partial charge < -0.3 is 24.0 Å². The molecule has 352 valence electrons. The van der Waals surface area contributed by atoms with Crippen molar-refractivity contribution in [3.8, 4) is 0 Å². The molecule has 0 heterocycles. The Hall–Kier alpha value is -1.16. The molecule has 0 aliphatic heterocycles. The minimum Gasteiger partial charge on any atom is -0.462 e. The van der Waals surface area contributed by atoms with E-state index in [1.54, 1.807) is 26.2 Å². The maximum absolute atomic E-state index is 12.7. The maximum Gasteiger partial charge on any atom is 0.306 e. The van der Waals surface area contributed by atoms with Gasteiger partial charge in [-0.2, -0.15) is 0 Å². The van der Waals surface area contributed by atoms with Gasteiger partial charge in [0.25, 0.3) is 0 Å². The number of nitrogens with one attached hydrogen (secondary N) is 1. The molecule has 0 aliphatic rings. The number of hydrogen-bond acceptors (Lipinski definition) is 9. The monoisotopic (exact) mass is 856 g/mol. The van der Waals surface area contributed by atoms with Crippen LogP contribution in [0.1, 0.15) is 240 Å². The van der Waals surface area contributed by atoms with Crippen molar-refractivity contribution in [2.45, 2.75) is 246 Å². The van der Waals surface area contributed by atoms with Crippen LogP contribution >= 0.6 is 11.9 Å². The Kier molecular flexibility index (Phi) is 52.0. The number of ether oxygens (including phenoxy) is 2. The second-order valence-corrected chi connectivity index (χ2v) is 17.8. The first-order valence-electron chi connectivity index (χ1n) is 25.2. The lowest BCUT2D eigenvalue weighted by Gasteiger charge is -2.22. The smallest absolute Gasteiger partial charge is 0.306 e. The van der Waals surface area contributed by atoms with Crippen LogP contribution in [0.2, 0.25) is 0 Å². The topological polar surface area (TPSA) is 89.5 Å². The summed E-state index contributed by atoms with van der Waals surface area (Å²) in [5.74, 6) is 1.79. The second kappa shape index (κ2) is 51.2. The normalized spacial score (nSPS) is 12.2. The third kappa shape index (κ3) is 46.2. The molecule has 8 nitrogen and oxygen atoms in total. The number of rotatable bonds is 46. The zero-order valence-electron chi connectivity index (χ0n) is 40.4. The van der Waals surface area contributed by atoms with Gasteiger partial charge in [0, 0.05) is 38.9 Å². The Balaban J connectivity index is 0. The van der Waals surface area contributed by atoms with Gasteiger partial charge in [0.2, 0.25) is 0 Å². The van der Waals surface area contributed by atoms with Crippen molar-refractivity contribution in [2.75, 3.05) is 52.8 Å². The van der Waals surface area contributed by atoms with E-state index < -0.39 is 0 Å². The minimum absolute atomic E-state index is 0.0260. The highest BCUT2D eigenvalue weighted by atomic mass is 32.2. The summed E-state index contributed by atoms with van der Waals surface area (Å²) < 4.78 is 14.6.